The maximum absolute atomic E-state index is 3.76. The Kier molecular flexibility index (Phi) is 5.88. The van der Waals surface area contributed by atoms with Gasteiger partial charge in [-0.3, -0.25) is 0 Å². The predicted octanol–water partition coefficient (Wildman–Crippen LogP) is 8.52. The fourth-order valence-corrected chi connectivity index (χ4v) is 8.56. The Balaban J connectivity index is 1.92. The lowest BCUT2D eigenvalue weighted by Gasteiger charge is -2.55. The van der Waals surface area contributed by atoms with E-state index in [1.807, 2.05) is 0 Å². The van der Waals surface area contributed by atoms with Gasteiger partial charge in [0.2, 0.25) is 0 Å². The molecule has 0 aromatic heterocycles. The van der Waals surface area contributed by atoms with Gasteiger partial charge in [-0.2, -0.15) is 0 Å². The summed E-state index contributed by atoms with van der Waals surface area (Å²) in [5.74, 6) is 0. The maximum atomic E-state index is 3.76. The lowest BCUT2D eigenvalue weighted by Crippen LogP contribution is -2.50. The lowest BCUT2D eigenvalue weighted by molar-refractivity contribution is 0.168. The van der Waals surface area contributed by atoms with Crippen LogP contribution in [0, 0.1) is 0 Å². The normalized spacial score (nSPS) is 27.7. The molecule has 0 bridgehead atoms. The number of fused-ring (bicyclic) bond motifs is 3. The number of rotatable bonds is 3. The molecular formula is C34H49N. The first-order chi connectivity index (χ1) is 16.4. The molecule has 0 spiro atoms. The van der Waals surface area contributed by atoms with E-state index in [4.69, 9.17) is 0 Å². The van der Waals surface area contributed by atoms with Gasteiger partial charge in [0.25, 0.3) is 0 Å². The first-order valence-corrected chi connectivity index (χ1v) is 14.5. The zero-order valence-corrected chi connectivity index (χ0v) is 24.0. The molecular weight excluding hydrogens is 422 g/mol. The average Bonchev–Trinajstić information content (AvgIpc) is 3.18. The zero-order valence-electron chi connectivity index (χ0n) is 24.0. The van der Waals surface area contributed by atoms with Crippen LogP contribution in [0.25, 0.3) is 11.1 Å². The van der Waals surface area contributed by atoms with Crippen molar-refractivity contribution in [3.63, 3.8) is 0 Å². The van der Waals surface area contributed by atoms with Crippen LogP contribution in [0.1, 0.15) is 127 Å². The first-order valence-electron chi connectivity index (χ1n) is 14.5. The minimum Gasteiger partial charge on any atom is -0.317 e. The number of hydrogen-bond acceptors (Lipinski definition) is 1. The monoisotopic (exact) mass is 471 g/mol. The standard InChI is InChI=1S/C34H49N/c1-10-22-16-25-26-17-23(11-2)28(32(6,7)8)19-30(26)34-15-13-12-14-33(34,20-24(21-34)35-9)29(25)18-27(22)31(3,4)5/h16-19,24,35H,10-15,20-21H2,1-9H3. The van der Waals surface area contributed by atoms with Gasteiger partial charge in [-0.25, -0.2) is 0 Å². The minimum atomic E-state index is 0.167. The second-order valence-electron chi connectivity index (χ2n) is 14.1. The highest BCUT2D eigenvalue weighted by Gasteiger charge is 2.63. The molecule has 3 aliphatic rings. The summed E-state index contributed by atoms with van der Waals surface area (Å²) < 4.78 is 0. The third kappa shape index (κ3) is 3.51. The molecule has 35 heavy (non-hydrogen) atoms. The second kappa shape index (κ2) is 8.20. The molecule has 2 atom stereocenters. The van der Waals surface area contributed by atoms with Gasteiger partial charge in [-0.05, 0) is 101 Å². The predicted molar refractivity (Wildman–Crippen MR) is 152 cm³/mol. The Hall–Kier alpha value is -1.60. The average molecular weight is 472 g/mol. The van der Waals surface area contributed by atoms with Crippen LogP contribution >= 0.6 is 0 Å². The minimum absolute atomic E-state index is 0.167. The van der Waals surface area contributed by atoms with Gasteiger partial charge >= 0.3 is 0 Å². The Labute approximate surface area is 215 Å². The van der Waals surface area contributed by atoms with Gasteiger partial charge in [-0.1, -0.05) is 92.5 Å². The summed E-state index contributed by atoms with van der Waals surface area (Å²) in [6.07, 6.45) is 10.2. The largest absolute Gasteiger partial charge is 0.317 e. The quantitative estimate of drug-likeness (QED) is 0.473. The molecule has 2 saturated carbocycles. The molecule has 0 aliphatic heterocycles. The van der Waals surface area contributed by atoms with E-state index in [0.717, 1.165) is 12.8 Å². The topological polar surface area (TPSA) is 12.0 Å². The highest BCUT2D eigenvalue weighted by Crippen LogP contribution is 2.68. The van der Waals surface area contributed by atoms with E-state index in [1.165, 1.54) is 38.5 Å². The van der Waals surface area contributed by atoms with E-state index < -0.39 is 0 Å². The van der Waals surface area contributed by atoms with Crippen LogP contribution in [-0.4, -0.2) is 13.1 Å². The van der Waals surface area contributed by atoms with Gasteiger partial charge in [0.1, 0.15) is 0 Å². The van der Waals surface area contributed by atoms with E-state index in [0.29, 0.717) is 6.04 Å². The summed E-state index contributed by atoms with van der Waals surface area (Å²) in [6, 6.07) is 11.3. The highest BCUT2D eigenvalue weighted by molar-refractivity contribution is 5.81. The summed E-state index contributed by atoms with van der Waals surface area (Å²) >= 11 is 0. The third-order valence-electron chi connectivity index (χ3n) is 10.2. The Morgan fingerprint density at radius 3 is 1.43 bits per heavy atom. The van der Waals surface area contributed by atoms with Crippen molar-refractivity contribution in [2.45, 2.75) is 134 Å². The Bertz CT molecular complexity index is 1050. The van der Waals surface area contributed by atoms with Crippen LogP contribution in [0.5, 0.6) is 0 Å². The van der Waals surface area contributed by atoms with Crippen LogP contribution in [0.4, 0.5) is 0 Å². The van der Waals surface area contributed by atoms with Crippen molar-refractivity contribution in [2.75, 3.05) is 7.05 Å². The Morgan fingerprint density at radius 1 is 0.714 bits per heavy atom. The van der Waals surface area contributed by atoms with Crippen molar-refractivity contribution >= 4 is 0 Å². The smallest absolute Gasteiger partial charge is 0.00817 e. The van der Waals surface area contributed by atoms with E-state index >= 15 is 0 Å². The van der Waals surface area contributed by atoms with Crippen LogP contribution in [0.2, 0.25) is 0 Å². The lowest BCUT2D eigenvalue weighted by atomic mass is 9.48. The van der Waals surface area contributed by atoms with Crippen molar-refractivity contribution in [3.8, 4) is 11.1 Å². The summed E-state index contributed by atoms with van der Waals surface area (Å²) in [6.45, 7) is 19.1. The molecule has 0 saturated heterocycles. The fraction of sp³-hybridized carbons (Fsp3) is 0.647. The van der Waals surface area contributed by atoms with Crippen molar-refractivity contribution in [1.82, 2.24) is 5.32 Å². The maximum Gasteiger partial charge on any atom is 0.00817 e. The van der Waals surface area contributed by atoms with Gasteiger partial charge in [0, 0.05) is 16.9 Å². The molecule has 1 heteroatoms. The van der Waals surface area contributed by atoms with Crippen LogP contribution in [0.3, 0.4) is 0 Å². The number of hydrogen-bond donors (Lipinski definition) is 1. The van der Waals surface area contributed by atoms with E-state index in [2.05, 4.69) is 92.0 Å². The summed E-state index contributed by atoms with van der Waals surface area (Å²) in [7, 11) is 2.20. The van der Waals surface area contributed by atoms with Gasteiger partial charge < -0.3 is 5.32 Å². The molecule has 2 unspecified atom stereocenters. The van der Waals surface area contributed by atoms with Gasteiger partial charge in [0.15, 0.2) is 0 Å². The van der Waals surface area contributed by atoms with Crippen molar-refractivity contribution in [3.05, 3.63) is 57.6 Å². The number of aryl methyl sites for hydroxylation is 2. The SMILES string of the molecule is CCc1cc2c(cc1C(C)(C)C)C13CCCCC1(CC(NC)C3)c1cc(C(C)(C)C)c(CC)cc1-2. The van der Waals surface area contributed by atoms with Crippen molar-refractivity contribution < 1.29 is 0 Å². The molecule has 190 valence electrons. The molecule has 1 nitrogen and oxygen atoms in total. The molecule has 2 fully saturated rings. The molecule has 2 aromatic carbocycles. The molecule has 0 amide bonds. The summed E-state index contributed by atoms with van der Waals surface area (Å²) in [5.41, 5.74) is 13.6. The second-order valence-corrected chi connectivity index (χ2v) is 14.1. The number of nitrogens with one attached hydrogen (secondary N) is 1. The van der Waals surface area contributed by atoms with Crippen molar-refractivity contribution in [2.24, 2.45) is 0 Å². The zero-order chi connectivity index (χ0) is 25.4. The van der Waals surface area contributed by atoms with Crippen LogP contribution in [0.15, 0.2) is 24.3 Å². The van der Waals surface area contributed by atoms with Gasteiger partial charge in [0.05, 0.1) is 0 Å². The van der Waals surface area contributed by atoms with Crippen LogP contribution in [-0.2, 0) is 34.5 Å². The molecule has 0 radical (unpaired) electrons. The first kappa shape index (κ1) is 25.1. The molecule has 2 aromatic rings. The van der Waals surface area contributed by atoms with Crippen molar-refractivity contribution in [1.29, 1.82) is 0 Å². The fourth-order valence-electron chi connectivity index (χ4n) is 8.56. The molecule has 3 aliphatic carbocycles. The molecule has 1 N–H and O–H groups in total. The van der Waals surface area contributed by atoms with Crippen LogP contribution < -0.4 is 5.32 Å². The molecule has 0 heterocycles. The van der Waals surface area contributed by atoms with E-state index in [1.54, 1.807) is 44.5 Å². The molecule has 5 rings (SSSR count). The highest BCUT2D eigenvalue weighted by atomic mass is 14.9. The summed E-state index contributed by atoms with van der Waals surface area (Å²) in [5, 5.41) is 3.76. The summed E-state index contributed by atoms with van der Waals surface area (Å²) in [4.78, 5) is 0. The number of benzene rings is 2. The van der Waals surface area contributed by atoms with E-state index in [9.17, 15) is 0 Å². The van der Waals surface area contributed by atoms with Gasteiger partial charge in [-0.15, -0.1) is 0 Å². The third-order valence-corrected chi connectivity index (χ3v) is 10.2. The Morgan fingerprint density at radius 2 is 1.11 bits per heavy atom. The van der Waals surface area contributed by atoms with E-state index in [-0.39, 0.29) is 21.7 Å².